The molecule has 0 bridgehead atoms. The maximum absolute atomic E-state index is 13.0. The van der Waals surface area contributed by atoms with Crippen molar-refractivity contribution in [1.29, 1.82) is 0 Å². The summed E-state index contributed by atoms with van der Waals surface area (Å²) in [6.45, 7) is 4.13. The Kier molecular flexibility index (Phi) is 7.51. The lowest BCUT2D eigenvalue weighted by atomic mass is 10.1. The van der Waals surface area contributed by atoms with Crippen LogP contribution in [0.5, 0.6) is 0 Å². The van der Waals surface area contributed by atoms with Crippen LogP contribution in [0.25, 0.3) is 0 Å². The minimum atomic E-state index is -4.55. The molecule has 1 aliphatic rings. The van der Waals surface area contributed by atoms with Gasteiger partial charge in [0.15, 0.2) is 5.69 Å². The Labute approximate surface area is 194 Å². The zero-order chi connectivity index (χ0) is 25.1. The van der Waals surface area contributed by atoms with Gasteiger partial charge in [0.05, 0.1) is 5.56 Å². The molecule has 186 valence electrons. The Morgan fingerprint density at radius 2 is 1.97 bits per heavy atom. The number of carbonyl (C=O) groups is 2. The Bertz CT molecular complexity index is 1170. The van der Waals surface area contributed by atoms with Gasteiger partial charge in [-0.3, -0.25) is 9.59 Å². The summed E-state index contributed by atoms with van der Waals surface area (Å²) in [4.78, 5) is 29.9. The first-order chi connectivity index (χ1) is 15.9. The SMILES string of the molecule is CCCN1CCN(S(=O)(=O)NC(=O)c2coc(Nc3cc(C(F)(F)F)ccc3C)n2)CCC1=O. The molecule has 1 aromatic heterocycles. The average molecular weight is 504 g/mol. The second-order valence-electron chi connectivity index (χ2n) is 7.66. The zero-order valence-corrected chi connectivity index (χ0v) is 19.3. The van der Waals surface area contributed by atoms with E-state index in [1.54, 1.807) is 11.8 Å². The maximum Gasteiger partial charge on any atom is 0.416 e. The van der Waals surface area contributed by atoms with Crippen LogP contribution in [0, 0.1) is 6.92 Å². The molecule has 1 aromatic carbocycles. The van der Waals surface area contributed by atoms with Crippen LogP contribution in [-0.2, 0) is 21.2 Å². The third-order valence-corrected chi connectivity index (χ3v) is 6.63. The molecule has 34 heavy (non-hydrogen) atoms. The molecule has 1 aliphatic heterocycles. The fraction of sp³-hybridized carbons (Fsp3) is 0.450. The molecule has 1 fully saturated rings. The quantitative estimate of drug-likeness (QED) is 0.595. The first-order valence-corrected chi connectivity index (χ1v) is 11.8. The second-order valence-corrected chi connectivity index (χ2v) is 9.33. The van der Waals surface area contributed by atoms with Gasteiger partial charge in [-0.05, 0) is 31.0 Å². The lowest BCUT2D eigenvalue weighted by Crippen LogP contribution is -2.45. The topological polar surface area (TPSA) is 125 Å². The number of amides is 2. The molecule has 0 atom stereocenters. The van der Waals surface area contributed by atoms with E-state index in [1.807, 2.05) is 11.6 Å². The highest BCUT2D eigenvalue weighted by Gasteiger charge is 2.32. The number of anilines is 2. The molecule has 14 heteroatoms. The number of nitrogens with zero attached hydrogens (tertiary/aromatic N) is 3. The summed E-state index contributed by atoms with van der Waals surface area (Å²) in [5.74, 6) is -1.25. The van der Waals surface area contributed by atoms with Crippen LogP contribution in [0.15, 0.2) is 28.9 Å². The molecule has 0 unspecified atom stereocenters. The molecule has 3 rings (SSSR count). The summed E-state index contributed by atoms with van der Waals surface area (Å²) in [6, 6.07) is 2.77. The number of hydrogen-bond acceptors (Lipinski definition) is 7. The van der Waals surface area contributed by atoms with Gasteiger partial charge in [0, 0.05) is 38.3 Å². The van der Waals surface area contributed by atoms with Crippen molar-refractivity contribution in [3.63, 3.8) is 0 Å². The first kappa shape index (κ1) is 25.5. The largest absolute Gasteiger partial charge is 0.431 e. The predicted octanol–water partition coefficient (Wildman–Crippen LogP) is 2.66. The number of halogens is 3. The highest BCUT2D eigenvalue weighted by molar-refractivity contribution is 7.87. The molecule has 10 nitrogen and oxygen atoms in total. The van der Waals surface area contributed by atoms with Gasteiger partial charge in [0.25, 0.3) is 11.9 Å². The predicted molar refractivity (Wildman–Crippen MR) is 115 cm³/mol. The average Bonchev–Trinajstić information content (AvgIpc) is 3.13. The van der Waals surface area contributed by atoms with Crippen LogP contribution < -0.4 is 10.0 Å². The van der Waals surface area contributed by atoms with E-state index in [4.69, 9.17) is 4.42 Å². The van der Waals surface area contributed by atoms with E-state index in [2.05, 4.69) is 10.3 Å². The molecule has 2 heterocycles. The van der Waals surface area contributed by atoms with Gasteiger partial charge in [-0.2, -0.15) is 30.9 Å². The van der Waals surface area contributed by atoms with Gasteiger partial charge >= 0.3 is 16.4 Å². The fourth-order valence-electron chi connectivity index (χ4n) is 3.31. The minimum Gasteiger partial charge on any atom is -0.431 e. The van der Waals surface area contributed by atoms with E-state index in [-0.39, 0.29) is 43.7 Å². The molecule has 2 aromatic rings. The Morgan fingerprint density at radius 3 is 2.65 bits per heavy atom. The van der Waals surface area contributed by atoms with Crippen molar-refractivity contribution in [2.75, 3.05) is 31.5 Å². The summed E-state index contributed by atoms with van der Waals surface area (Å²) in [6.07, 6.45) is -2.95. The van der Waals surface area contributed by atoms with E-state index >= 15 is 0 Å². The monoisotopic (exact) mass is 503 g/mol. The Morgan fingerprint density at radius 1 is 1.24 bits per heavy atom. The van der Waals surface area contributed by atoms with Crippen molar-refractivity contribution < 1.29 is 35.6 Å². The molecule has 2 N–H and O–H groups in total. The van der Waals surface area contributed by atoms with Gasteiger partial charge in [0.2, 0.25) is 5.91 Å². The minimum absolute atomic E-state index is 0.0104. The van der Waals surface area contributed by atoms with Crippen molar-refractivity contribution in [2.45, 2.75) is 32.9 Å². The molecular formula is C20H24F3N5O5S. The number of carbonyl (C=O) groups excluding carboxylic acids is 2. The number of nitrogens with one attached hydrogen (secondary N) is 2. The summed E-state index contributed by atoms with van der Waals surface area (Å²) in [5.41, 5.74) is -0.756. The summed E-state index contributed by atoms with van der Waals surface area (Å²) >= 11 is 0. The second kappa shape index (κ2) is 10.0. The molecule has 1 saturated heterocycles. The molecular weight excluding hydrogens is 479 g/mol. The summed E-state index contributed by atoms with van der Waals surface area (Å²) < 4.78 is 72.2. The third-order valence-electron chi connectivity index (χ3n) is 5.15. The van der Waals surface area contributed by atoms with E-state index in [1.165, 1.54) is 6.07 Å². The van der Waals surface area contributed by atoms with Crippen LogP contribution in [0.2, 0.25) is 0 Å². The fourth-order valence-corrected chi connectivity index (χ4v) is 4.43. The number of aryl methyl sites for hydroxylation is 1. The van der Waals surface area contributed by atoms with Gasteiger partial charge in [0.1, 0.15) is 6.26 Å². The van der Waals surface area contributed by atoms with Crippen molar-refractivity contribution in [3.05, 3.63) is 41.3 Å². The number of alkyl halides is 3. The van der Waals surface area contributed by atoms with Gasteiger partial charge in [-0.25, -0.2) is 4.72 Å². The lowest BCUT2D eigenvalue weighted by Gasteiger charge is -2.21. The number of hydrogen-bond donors (Lipinski definition) is 2. The maximum atomic E-state index is 13.0. The first-order valence-electron chi connectivity index (χ1n) is 10.4. The molecule has 0 spiro atoms. The van der Waals surface area contributed by atoms with E-state index in [9.17, 15) is 31.2 Å². The van der Waals surface area contributed by atoms with E-state index < -0.39 is 33.6 Å². The summed E-state index contributed by atoms with van der Waals surface area (Å²) in [7, 11) is -4.27. The van der Waals surface area contributed by atoms with Crippen molar-refractivity contribution >= 4 is 33.7 Å². The van der Waals surface area contributed by atoms with Crippen LogP contribution in [0.1, 0.15) is 41.4 Å². The van der Waals surface area contributed by atoms with Gasteiger partial charge in [-0.1, -0.05) is 13.0 Å². The standard InChI is InChI=1S/C20H24F3N5O5S/c1-3-7-27-9-10-28(8-6-17(27)29)34(31,32)26-18(30)16-12-33-19(25-16)24-15-11-14(20(21,22)23)5-4-13(15)2/h4-5,11-12H,3,6-10H2,1-2H3,(H,24,25)(H,26,30). The number of benzene rings is 1. The molecule has 0 saturated carbocycles. The molecule has 0 radical (unpaired) electrons. The lowest BCUT2D eigenvalue weighted by molar-refractivity contribution is -0.137. The van der Waals surface area contributed by atoms with Crippen LogP contribution in [0.3, 0.4) is 0 Å². The van der Waals surface area contributed by atoms with Crippen LogP contribution in [-0.4, -0.2) is 60.6 Å². The van der Waals surface area contributed by atoms with Gasteiger partial charge < -0.3 is 14.6 Å². The highest BCUT2D eigenvalue weighted by atomic mass is 32.2. The number of oxazole rings is 1. The normalized spacial score (nSPS) is 15.8. The van der Waals surface area contributed by atoms with E-state index in [0.717, 1.165) is 29.1 Å². The van der Waals surface area contributed by atoms with Crippen LogP contribution in [0.4, 0.5) is 24.9 Å². The van der Waals surface area contributed by atoms with Crippen molar-refractivity contribution in [1.82, 2.24) is 18.9 Å². The Balaban J connectivity index is 1.68. The van der Waals surface area contributed by atoms with Crippen molar-refractivity contribution in [2.24, 2.45) is 0 Å². The number of aromatic nitrogens is 1. The third kappa shape index (κ3) is 6.05. The van der Waals surface area contributed by atoms with E-state index in [0.29, 0.717) is 12.1 Å². The van der Waals surface area contributed by atoms with Gasteiger partial charge in [-0.15, -0.1) is 0 Å². The summed E-state index contributed by atoms with van der Waals surface area (Å²) in [5, 5.41) is 2.56. The molecule has 2 amide bonds. The smallest absolute Gasteiger partial charge is 0.416 e. The molecule has 0 aliphatic carbocycles. The highest BCUT2D eigenvalue weighted by Crippen LogP contribution is 2.33. The number of rotatable bonds is 7. The van der Waals surface area contributed by atoms with Crippen LogP contribution >= 0.6 is 0 Å². The van der Waals surface area contributed by atoms with Crippen molar-refractivity contribution in [3.8, 4) is 0 Å². The Hall–Kier alpha value is -3.13. The zero-order valence-electron chi connectivity index (χ0n) is 18.5.